The van der Waals surface area contributed by atoms with Gasteiger partial charge in [0.1, 0.15) is 17.1 Å². The van der Waals surface area contributed by atoms with Crippen molar-refractivity contribution in [3.8, 4) is 11.5 Å². The minimum Gasteiger partial charge on any atom is -0.508 e. The van der Waals surface area contributed by atoms with Crippen LogP contribution in [0.5, 0.6) is 11.5 Å². The second-order valence-corrected chi connectivity index (χ2v) is 8.93. The summed E-state index contributed by atoms with van der Waals surface area (Å²) in [6.45, 7) is 2.30. The molecule has 0 amide bonds. The largest absolute Gasteiger partial charge is 0.508 e. The molecule has 154 valence electrons. The summed E-state index contributed by atoms with van der Waals surface area (Å²) in [5.74, 6) is 0.825. The fraction of sp³-hybridized carbons (Fsp3) is 0.500. The van der Waals surface area contributed by atoms with E-state index in [0.29, 0.717) is 24.3 Å². The van der Waals surface area contributed by atoms with Crippen LogP contribution in [0.15, 0.2) is 36.4 Å². The summed E-state index contributed by atoms with van der Waals surface area (Å²) in [6.07, 6.45) is 4.60. The first-order chi connectivity index (χ1) is 14.0. The van der Waals surface area contributed by atoms with E-state index in [1.807, 2.05) is 0 Å². The molecule has 5 rings (SSSR count). The van der Waals surface area contributed by atoms with Gasteiger partial charge in [0, 0.05) is 31.6 Å². The number of phenolic OH excluding ortho intramolecular Hbond substituents is 1. The van der Waals surface area contributed by atoms with Gasteiger partial charge >= 0.3 is 0 Å². The van der Waals surface area contributed by atoms with Crippen molar-refractivity contribution in [1.82, 2.24) is 4.90 Å². The Labute approximate surface area is 171 Å². The Hall–Kier alpha value is -2.08. The number of aliphatic hydroxyl groups excluding tert-OH is 2. The molecule has 29 heavy (non-hydrogen) atoms. The molecule has 1 fully saturated rings. The molecule has 2 unspecified atom stereocenters. The normalized spacial score (nSPS) is 24.0. The lowest BCUT2D eigenvalue weighted by Crippen LogP contribution is -2.51. The van der Waals surface area contributed by atoms with Crippen LogP contribution < -0.4 is 4.74 Å². The molecule has 2 heterocycles. The van der Waals surface area contributed by atoms with Crippen molar-refractivity contribution in [3.63, 3.8) is 0 Å². The number of nitrogens with zero attached hydrogens (tertiary/aromatic N) is 1. The maximum absolute atomic E-state index is 10.8. The molecule has 2 atom stereocenters. The van der Waals surface area contributed by atoms with E-state index in [1.54, 1.807) is 18.2 Å². The van der Waals surface area contributed by atoms with Crippen molar-refractivity contribution in [2.24, 2.45) is 0 Å². The van der Waals surface area contributed by atoms with E-state index in [0.717, 1.165) is 44.3 Å². The fourth-order valence-electron chi connectivity index (χ4n) is 5.22. The van der Waals surface area contributed by atoms with Gasteiger partial charge in [-0.1, -0.05) is 18.2 Å². The van der Waals surface area contributed by atoms with Crippen LogP contribution in [0.4, 0.5) is 0 Å². The summed E-state index contributed by atoms with van der Waals surface area (Å²) < 4.78 is 6.31. The smallest absolute Gasteiger partial charge is 0.126 e. The number of hydrogen-bond donors (Lipinski definition) is 3. The highest BCUT2D eigenvalue weighted by Crippen LogP contribution is 2.45. The van der Waals surface area contributed by atoms with Gasteiger partial charge in [0.25, 0.3) is 0 Å². The molecule has 1 aliphatic carbocycles. The SMILES string of the molecule is Oc1ccc2c(c1)C(O)CC1(CCN(CC(O)c3ccc4c(c3)CCC4)CC1)O2. The molecular formula is C24H29NO4. The Morgan fingerprint density at radius 2 is 1.86 bits per heavy atom. The van der Waals surface area contributed by atoms with Crippen LogP contribution in [0.3, 0.4) is 0 Å². The summed E-state index contributed by atoms with van der Waals surface area (Å²) >= 11 is 0. The van der Waals surface area contributed by atoms with Crippen LogP contribution >= 0.6 is 0 Å². The van der Waals surface area contributed by atoms with Crippen molar-refractivity contribution >= 4 is 0 Å². The Morgan fingerprint density at radius 1 is 1.07 bits per heavy atom. The van der Waals surface area contributed by atoms with Gasteiger partial charge in [-0.05, 0) is 67.0 Å². The van der Waals surface area contributed by atoms with Gasteiger partial charge in [-0.2, -0.15) is 0 Å². The quantitative estimate of drug-likeness (QED) is 0.744. The van der Waals surface area contributed by atoms with E-state index in [1.165, 1.54) is 17.5 Å². The van der Waals surface area contributed by atoms with Crippen LogP contribution in [0.2, 0.25) is 0 Å². The molecule has 3 N–H and O–H groups in total. The Balaban J connectivity index is 1.22. The molecule has 1 saturated heterocycles. The zero-order chi connectivity index (χ0) is 20.0. The van der Waals surface area contributed by atoms with E-state index in [9.17, 15) is 15.3 Å². The summed E-state index contributed by atoms with van der Waals surface area (Å²) in [5.41, 5.74) is 4.16. The van der Waals surface area contributed by atoms with Gasteiger partial charge in [0.05, 0.1) is 12.2 Å². The number of benzene rings is 2. The van der Waals surface area contributed by atoms with E-state index in [-0.39, 0.29) is 11.4 Å². The summed E-state index contributed by atoms with van der Waals surface area (Å²) in [6, 6.07) is 11.4. The zero-order valence-electron chi connectivity index (χ0n) is 16.7. The zero-order valence-corrected chi connectivity index (χ0v) is 16.7. The molecule has 5 heteroatoms. The minimum atomic E-state index is -0.616. The maximum Gasteiger partial charge on any atom is 0.126 e. The monoisotopic (exact) mass is 395 g/mol. The molecule has 2 aromatic rings. The Kier molecular flexibility index (Phi) is 4.77. The number of hydrogen-bond acceptors (Lipinski definition) is 5. The third-order valence-corrected chi connectivity index (χ3v) is 6.95. The van der Waals surface area contributed by atoms with E-state index >= 15 is 0 Å². The summed E-state index contributed by atoms with van der Waals surface area (Å²) in [4.78, 5) is 2.30. The molecule has 0 bridgehead atoms. The van der Waals surface area contributed by atoms with Gasteiger partial charge in [0.15, 0.2) is 0 Å². The van der Waals surface area contributed by atoms with Gasteiger partial charge < -0.3 is 25.0 Å². The molecule has 2 aromatic carbocycles. The molecule has 0 radical (unpaired) electrons. The van der Waals surface area contributed by atoms with Crippen LogP contribution in [0.1, 0.15) is 60.1 Å². The highest BCUT2D eigenvalue weighted by Gasteiger charge is 2.43. The molecule has 5 nitrogen and oxygen atoms in total. The Morgan fingerprint density at radius 3 is 2.69 bits per heavy atom. The molecular weight excluding hydrogens is 366 g/mol. The second kappa shape index (κ2) is 7.31. The topological polar surface area (TPSA) is 73.2 Å². The standard InChI is InChI=1S/C24H29NO4/c26-19-6-7-23-20(13-19)21(27)14-24(29-23)8-10-25(11-9-24)15-22(28)18-5-4-16-2-1-3-17(16)12-18/h4-7,12-13,21-22,26-28H,1-3,8-11,14-15H2. The molecule has 3 aliphatic rings. The van der Waals surface area contributed by atoms with Crippen LogP contribution in [0.25, 0.3) is 0 Å². The van der Waals surface area contributed by atoms with E-state index in [4.69, 9.17) is 4.74 Å². The fourth-order valence-corrected chi connectivity index (χ4v) is 5.22. The average molecular weight is 395 g/mol. The number of aryl methyl sites for hydroxylation is 2. The summed E-state index contributed by atoms with van der Waals surface area (Å²) in [7, 11) is 0. The van der Waals surface area contributed by atoms with Crippen molar-refractivity contribution in [2.45, 2.75) is 56.3 Å². The third-order valence-electron chi connectivity index (χ3n) is 6.95. The van der Waals surface area contributed by atoms with Crippen molar-refractivity contribution < 1.29 is 20.1 Å². The number of fused-ring (bicyclic) bond motifs is 2. The number of phenols is 1. The number of ether oxygens (including phenoxy) is 1. The van der Waals surface area contributed by atoms with Crippen LogP contribution in [-0.4, -0.2) is 45.5 Å². The number of β-amino-alcohol motifs (C(OH)–C–C–N with tert-alkyl or cyclic N) is 1. The number of rotatable bonds is 3. The number of piperidine rings is 1. The molecule has 0 aromatic heterocycles. The minimum absolute atomic E-state index is 0.151. The lowest BCUT2D eigenvalue weighted by Gasteiger charge is -2.46. The average Bonchev–Trinajstić information content (AvgIpc) is 3.18. The number of aliphatic hydroxyl groups is 2. The highest BCUT2D eigenvalue weighted by molar-refractivity contribution is 5.43. The van der Waals surface area contributed by atoms with Crippen molar-refractivity contribution in [1.29, 1.82) is 0 Å². The lowest BCUT2D eigenvalue weighted by molar-refractivity contribution is -0.0588. The van der Waals surface area contributed by atoms with Crippen LogP contribution in [0, 0.1) is 0 Å². The molecule has 0 saturated carbocycles. The molecule has 1 spiro atoms. The maximum atomic E-state index is 10.8. The van der Waals surface area contributed by atoms with Crippen molar-refractivity contribution in [2.75, 3.05) is 19.6 Å². The predicted molar refractivity (Wildman–Crippen MR) is 110 cm³/mol. The van der Waals surface area contributed by atoms with Gasteiger partial charge in [-0.15, -0.1) is 0 Å². The number of aromatic hydroxyl groups is 1. The highest BCUT2D eigenvalue weighted by atomic mass is 16.5. The van der Waals surface area contributed by atoms with Crippen molar-refractivity contribution in [3.05, 3.63) is 58.7 Å². The lowest BCUT2D eigenvalue weighted by atomic mass is 9.81. The van der Waals surface area contributed by atoms with E-state index in [2.05, 4.69) is 23.1 Å². The van der Waals surface area contributed by atoms with Crippen LogP contribution in [-0.2, 0) is 12.8 Å². The van der Waals surface area contributed by atoms with Gasteiger partial charge in [-0.3, -0.25) is 0 Å². The summed E-state index contributed by atoms with van der Waals surface area (Å²) in [5, 5.41) is 31.0. The Bertz CT molecular complexity index is 904. The number of likely N-dealkylation sites (tertiary alicyclic amines) is 1. The van der Waals surface area contributed by atoms with Gasteiger partial charge in [-0.25, -0.2) is 0 Å². The van der Waals surface area contributed by atoms with E-state index < -0.39 is 12.2 Å². The second-order valence-electron chi connectivity index (χ2n) is 8.93. The van der Waals surface area contributed by atoms with Gasteiger partial charge in [0.2, 0.25) is 0 Å². The first kappa shape index (κ1) is 18.9. The molecule has 2 aliphatic heterocycles. The first-order valence-electron chi connectivity index (χ1n) is 10.7. The predicted octanol–water partition coefficient (Wildman–Crippen LogP) is 3.27. The first-order valence-corrected chi connectivity index (χ1v) is 10.7. The third kappa shape index (κ3) is 3.63.